The van der Waals surface area contributed by atoms with Gasteiger partial charge in [-0.3, -0.25) is 4.79 Å². The minimum Gasteiger partial charge on any atom is -0.481 e. The third-order valence-corrected chi connectivity index (χ3v) is 13.6. The number of carbonyl (C=O) groups is 1. The maximum atomic E-state index is 13.2. The van der Waals surface area contributed by atoms with Crippen LogP contribution in [-0.4, -0.2) is 168 Å². The molecule has 2 aliphatic heterocycles. The first kappa shape index (κ1) is 49.1. The van der Waals surface area contributed by atoms with Crippen LogP contribution in [0.5, 0.6) is 0 Å². The molecule has 0 bridgehead atoms. The maximum Gasteiger partial charge on any atom is 0.303 e. The fourth-order valence-corrected chi connectivity index (χ4v) is 10.3. The number of unbranched alkanes of at least 4 members (excludes halogenated alkanes) is 12. The molecule has 0 aromatic rings. The van der Waals surface area contributed by atoms with E-state index in [9.17, 15) is 57.4 Å². The van der Waals surface area contributed by atoms with Gasteiger partial charge in [0.05, 0.1) is 42.8 Å². The summed E-state index contributed by atoms with van der Waals surface area (Å²) in [5.41, 5.74) is 0. The van der Waals surface area contributed by atoms with Crippen molar-refractivity contribution in [2.75, 3.05) is 42.8 Å². The second kappa shape index (κ2) is 25.3. The number of aliphatic hydroxyl groups excluding tert-OH is 7. The third kappa shape index (κ3) is 17.6. The fraction of sp³-hybridized carbons (Fsp3) is 0.971. The van der Waals surface area contributed by atoms with E-state index in [1.54, 1.807) is 0 Å². The Labute approximate surface area is 319 Å². The zero-order chi connectivity index (χ0) is 40.3. The quantitative estimate of drug-likeness (QED) is 0.0462. The Bertz CT molecular complexity index is 1250. The van der Waals surface area contributed by atoms with Crippen molar-refractivity contribution < 1.29 is 81.4 Å². The zero-order valence-corrected chi connectivity index (χ0v) is 33.1. The van der Waals surface area contributed by atoms with Crippen molar-refractivity contribution >= 4 is 25.6 Å². The number of aliphatic hydroxyl groups is 7. The predicted octanol–water partition coefficient (Wildman–Crippen LogP) is 0.0289. The van der Waals surface area contributed by atoms with Crippen LogP contribution in [0.1, 0.15) is 103 Å². The molecule has 1 unspecified atom stereocenters. The van der Waals surface area contributed by atoms with Crippen molar-refractivity contribution in [1.82, 2.24) is 0 Å². The topological polar surface area (TPSA) is 284 Å². The number of aliphatic carboxylic acids is 1. The second-order valence-electron chi connectivity index (χ2n) is 14.7. The summed E-state index contributed by atoms with van der Waals surface area (Å²) < 4.78 is 75.0. The lowest BCUT2D eigenvalue weighted by atomic mass is 9.97. The number of sulfone groups is 2. The molecule has 2 rings (SSSR count). The highest BCUT2D eigenvalue weighted by atomic mass is 32.2. The normalized spacial score (nSPS) is 30.0. The van der Waals surface area contributed by atoms with Crippen LogP contribution < -0.4 is 0 Å². The summed E-state index contributed by atoms with van der Waals surface area (Å²) in [5.74, 6) is -3.16. The van der Waals surface area contributed by atoms with Crippen LogP contribution in [0.2, 0.25) is 0 Å². The first-order valence-corrected chi connectivity index (χ1v) is 23.0. The van der Waals surface area contributed by atoms with E-state index in [0.717, 1.165) is 64.2 Å². The van der Waals surface area contributed by atoms with E-state index in [2.05, 4.69) is 6.92 Å². The minimum absolute atomic E-state index is 0.128. The van der Waals surface area contributed by atoms with Gasteiger partial charge in [-0.15, -0.1) is 0 Å². The van der Waals surface area contributed by atoms with E-state index < -0.39 is 124 Å². The molecule has 2 fully saturated rings. The minimum atomic E-state index is -3.75. The van der Waals surface area contributed by atoms with Crippen molar-refractivity contribution in [3.05, 3.63) is 0 Å². The van der Waals surface area contributed by atoms with Crippen LogP contribution in [0, 0.1) is 5.92 Å². The molecule has 0 aromatic heterocycles. The van der Waals surface area contributed by atoms with Gasteiger partial charge in [0.1, 0.15) is 48.8 Å². The van der Waals surface area contributed by atoms with E-state index in [1.807, 2.05) is 0 Å². The van der Waals surface area contributed by atoms with Gasteiger partial charge in [-0.1, -0.05) is 77.6 Å². The molecule has 0 amide bonds. The molecule has 11 atom stereocenters. The van der Waals surface area contributed by atoms with E-state index in [-0.39, 0.29) is 17.9 Å². The highest BCUT2D eigenvalue weighted by molar-refractivity contribution is 7.92. The Hall–Kier alpha value is -1.07. The Morgan fingerprint density at radius 1 is 0.611 bits per heavy atom. The van der Waals surface area contributed by atoms with Gasteiger partial charge < -0.3 is 59.8 Å². The van der Waals surface area contributed by atoms with Gasteiger partial charge in [0.2, 0.25) is 0 Å². The molecule has 17 nitrogen and oxygen atoms in total. The Morgan fingerprint density at radius 3 is 1.57 bits per heavy atom. The Kier molecular flexibility index (Phi) is 23.0. The number of carboxylic acids is 1. The molecule has 320 valence electrons. The summed E-state index contributed by atoms with van der Waals surface area (Å²) in [7, 11) is -7.46. The number of hydrogen-bond donors (Lipinski definition) is 8. The van der Waals surface area contributed by atoms with Crippen LogP contribution in [0.25, 0.3) is 0 Å². The first-order chi connectivity index (χ1) is 25.6. The lowest BCUT2D eigenvalue weighted by Crippen LogP contribution is -2.64. The van der Waals surface area contributed by atoms with Crippen LogP contribution in [0.4, 0.5) is 0 Å². The number of rotatable bonds is 29. The van der Waals surface area contributed by atoms with Gasteiger partial charge in [0, 0.05) is 12.3 Å². The van der Waals surface area contributed by atoms with E-state index in [1.165, 1.54) is 0 Å². The SMILES string of the molecule is CCCCCCCCS(=O)(=O)CC(CO[C@@H]1O[C@H](CO)[C@@H](O[C@@H]2O[C@H](CO)[C@H](O)[C@H](O)[C@H]2O)[C@H](O)[C@H]1O)CS(=O)(=O)CCCCCCCCCCC(=O)O. The van der Waals surface area contributed by atoms with Gasteiger partial charge >= 0.3 is 5.97 Å². The summed E-state index contributed by atoms with van der Waals surface area (Å²) in [4.78, 5) is 10.6. The average Bonchev–Trinajstić information content (AvgIpc) is 3.11. The second-order valence-corrected chi connectivity index (χ2v) is 19.1. The molecule has 54 heavy (non-hydrogen) atoms. The molecule has 2 heterocycles. The van der Waals surface area contributed by atoms with Gasteiger partial charge in [-0.25, -0.2) is 16.8 Å². The number of ether oxygens (including phenoxy) is 4. The van der Waals surface area contributed by atoms with Crippen molar-refractivity contribution in [1.29, 1.82) is 0 Å². The highest BCUT2D eigenvalue weighted by Crippen LogP contribution is 2.30. The Morgan fingerprint density at radius 2 is 1.07 bits per heavy atom. The lowest BCUT2D eigenvalue weighted by molar-refractivity contribution is -0.359. The van der Waals surface area contributed by atoms with Crippen LogP contribution in [-0.2, 0) is 43.4 Å². The molecule has 8 N–H and O–H groups in total. The maximum absolute atomic E-state index is 13.2. The van der Waals surface area contributed by atoms with Gasteiger partial charge in [0.15, 0.2) is 32.3 Å². The molecule has 0 saturated carbocycles. The van der Waals surface area contributed by atoms with Crippen molar-refractivity contribution in [3.8, 4) is 0 Å². The third-order valence-electron chi connectivity index (χ3n) is 9.84. The Balaban J connectivity index is 2.03. The molecule has 0 aliphatic carbocycles. The average molecular weight is 823 g/mol. The summed E-state index contributed by atoms with van der Waals surface area (Å²) in [6.45, 7) is 0.0400. The molecule has 2 aliphatic rings. The molecular weight excluding hydrogens is 757 g/mol. The predicted molar refractivity (Wildman–Crippen MR) is 196 cm³/mol. The number of hydrogen-bond acceptors (Lipinski definition) is 16. The largest absolute Gasteiger partial charge is 0.481 e. The molecule has 0 radical (unpaired) electrons. The van der Waals surface area contributed by atoms with Gasteiger partial charge in [0.25, 0.3) is 0 Å². The van der Waals surface area contributed by atoms with Gasteiger partial charge in [-0.05, 0) is 19.3 Å². The van der Waals surface area contributed by atoms with Crippen LogP contribution in [0.15, 0.2) is 0 Å². The summed E-state index contributed by atoms with van der Waals surface area (Å²) >= 11 is 0. The van der Waals surface area contributed by atoms with Crippen molar-refractivity contribution in [3.63, 3.8) is 0 Å². The van der Waals surface area contributed by atoms with Crippen LogP contribution >= 0.6 is 0 Å². The standard InChI is InChI=1S/C35H66O17S2/c1-2-3-4-5-11-14-17-53(45,46)22-24(23-54(47,48)18-15-12-9-7-6-8-10-13-16-27(38)39)21-49-34-32(44)30(42)33(26(20-37)51-34)52-35-31(43)29(41)28(40)25(19-36)50-35/h24-26,28-37,40-44H,2-23H2,1H3,(H,38,39)/t24?,25-,26-,28+,29+,30-,31-,32-,33-,34-,35+/m1/s1. The lowest BCUT2D eigenvalue weighted by Gasteiger charge is -2.46. The van der Waals surface area contributed by atoms with Crippen molar-refractivity contribution in [2.24, 2.45) is 5.92 Å². The fourth-order valence-electron chi connectivity index (χ4n) is 6.71. The summed E-state index contributed by atoms with van der Waals surface area (Å²) in [6.07, 6.45) is -5.44. The summed E-state index contributed by atoms with van der Waals surface area (Å²) in [5, 5.41) is 80.6. The van der Waals surface area contributed by atoms with Gasteiger partial charge in [-0.2, -0.15) is 0 Å². The van der Waals surface area contributed by atoms with E-state index >= 15 is 0 Å². The van der Waals surface area contributed by atoms with E-state index in [0.29, 0.717) is 25.7 Å². The first-order valence-electron chi connectivity index (χ1n) is 19.4. The molecule has 0 aromatic carbocycles. The van der Waals surface area contributed by atoms with Crippen LogP contribution in [0.3, 0.4) is 0 Å². The monoisotopic (exact) mass is 822 g/mol. The van der Waals surface area contributed by atoms with E-state index in [4.69, 9.17) is 24.1 Å². The zero-order valence-electron chi connectivity index (χ0n) is 31.5. The van der Waals surface area contributed by atoms with Crippen molar-refractivity contribution in [2.45, 2.75) is 165 Å². The molecule has 19 heteroatoms. The number of carboxylic acid groups (broad SMARTS) is 1. The molecule has 2 saturated heterocycles. The molecule has 0 spiro atoms. The smallest absolute Gasteiger partial charge is 0.303 e. The summed E-state index contributed by atoms with van der Waals surface area (Å²) in [6, 6.07) is 0. The molecular formula is C35H66O17S2. The highest BCUT2D eigenvalue weighted by Gasteiger charge is 2.51.